The summed E-state index contributed by atoms with van der Waals surface area (Å²) in [5.41, 5.74) is 1.01. The number of carbonyl (C=O) groups is 1. The van der Waals surface area contributed by atoms with Crippen molar-refractivity contribution in [2.45, 2.75) is 39.0 Å². The monoisotopic (exact) mass is 480 g/mol. The molecule has 5 heteroatoms. The van der Waals surface area contributed by atoms with Crippen LogP contribution >= 0.6 is 11.6 Å². The van der Waals surface area contributed by atoms with Gasteiger partial charge in [-0.05, 0) is 47.3 Å². The molecule has 33 heavy (non-hydrogen) atoms. The van der Waals surface area contributed by atoms with Crippen LogP contribution in [0.1, 0.15) is 38.2 Å². The number of unbranched alkanes of at least 4 members (excludes halogenated alkanes) is 2. The number of alkyl halides is 1. The van der Waals surface area contributed by atoms with Crippen molar-refractivity contribution in [1.29, 1.82) is 0 Å². The molecule has 0 saturated carbocycles. The molecule has 0 heterocycles. The topological polar surface area (TPSA) is 46.5 Å². The Morgan fingerprint density at radius 1 is 0.879 bits per heavy atom. The lowest BCUT2D eigenvalue weighted by Crippen LogP contribution is -2.68. The van der Waals surface area contributed by atoms with Gasteiger partial charge in [-0.2, -0.15) is 0 Å². The standard InChI is InChI=1S/C28H33ClO3Si/c1-2-32-28(30)24(15-6-5-13-21-29)22-23-14-11-12-20-27(23)33(31,25-16-7-3-8-17-25)26-18-9-4-10-19-26/h3-4,7-12,14,16-20,24,31H,2,5-6,13,15,21-22H2,1H3. The number of hydrogen-bond acceptors (Lipinski definition) is 3. The lowest BCUT2D eigenvalue weighted by Gasteiger charge is -2.30. The van der Waals surface area contributed by atoms with Gasteiger partial charge in [0.1, 0.15) is 0 Å². The summed E-state index contributed by atoms with van der Waals surface area (Å²) < 4.78 is 5.41. The second-order valence-corrected chi connectivity index (χ2v) is 11.8. The first-order valence-corrected chi connectivity index (χ1v) is 14.2. The van der Waals surface area contributed by atoms with Gasteiger partial charge in [0.05, 0.1) is 12.5 Å². The highest BCUT2D eigenvalue weighted by Gasteiger charge is 2.40. The number of benzene rings is 3. The Balaban J connectivity index is 2.02. The highest BCUT2D eigenvalue weighted by Crippen LogP contribution is 2.19. The van der Waals surface area contributed by atoms with Crippen LogP contribution in [-0.4, -0.2) is 31.6 Å². The predicted molar refractivity (Wildman–Crippen MR) is 139 cm³/mol. The Morgan fingerprint density at radius 2 is 1.45 bits per heavy atom. The van der Waals surface area contributed by atoms with E-state index in [0.717, 1.165) is 46.8 Å². The first kappa shape index (κ1) is 25.2. The number of halogens is 1. The second-order valence-electron chi connectivity index (χ2n) is 8.29. The smallest absolute Gasteiger partial charge is 0.309 e. The summed E-state index contributed by atoms with van der Waals surface area (Å²) in [5.74, 6) is 0.230. The first-order chi connectivity index (χ1) is 16.1. The Labute approximate surface area is 203 Å². The molecule has 1 N–H and O–H groups in total. The van der Waals surface area contributed by atoms with E-state index in [0.29, 0.717) is 18.9 Å². The molecule has 3 aromatic carbocycles. The highest BCUT2D eigenvalue weighted by atomic mass is 35.5. The first-order valence-electron chi connectivity index (χ1n) is 11.8. The molecule has 1 unspecified atom stereocenters. The van der Waals surface area contributed by atoms with Crippen LogP contribution in [0.25, 0.3) is 0 Å². The third kappa shape index (κ3) is 6.35. The molecule has 0 aliphatic rings. The number of esters is 1. The summed E-state index contributed by atoms with van der Waals surface area (Å²) in [4.78, 5) is 25.2. The van der Waals surface area contributed by atoms with Gasteiger partial charge in [0.25, 0.3) is 8.32 Å². The average molecular weight is 481 g/mol. The van der Waals surface area contributed by atoms with E-state index in [-0.39, 0.29) is 11.9 Å². The highest BCUT2D eigenvalue weighted by molar-refractivity contribution is 7.06. The number of carbonyl (C=O) groups excluding carboxylic acids is 1. The maximum atomic E-state index is 12.8. The van der Waals surface area contributed by atoms with Crippen molar-refractivity contribution in [3.8, 4) is 0 Å². The summed E-state index contributed by atoms with van der Waals surface area (Å²) in [6.45, 7) is 2.21. The minimum atomic E-state index is -3.26. The van der Waals surface area contributed by atoms with Gasteiger partial charge in [0.2, 0.25) is 0 Å². The fraction of sp³-hybridized carbons (Fsp3) is 0.321. The lowest BCUT2D eigenvalue weighted by molar-refractivity contribution is -0.148. The van der Waals surface area contributed by atoms with Gasteiger partial charge < -0.3 is 9.53 Å². The van der Waals surface area contributed by atoms with E-state index in [1.165, 1.54) is 0 Å². The number of ether oxygens (including phenoxy) is 1. The number of hydrogen-bond donors (Lipinski definition) is 1. The molecule has 0 radical (unpaired) electrons. The van der Waals surface area contributed by atoms with Gasteiger partial charge in [-0.15, -0.1) is 11.6 Å². The molecular weight excluding hydrogens is 448 g/mol. The van der Waals surface area contributed by atoms with Gasteiger partial charge in [-0.3, -0.25) is 4.79 Å². The maximum absolute atomic E-state index is 12.8. The van der Waals surface area contributed by atoms with Crippen molar-refractivity contribution in [3.05, 3.63) is 90.5 Å². The average Bonchev–Trinajstić information content (AvgIpc) is 2.87. The molecular formula is C28H33ClO3Si. The van der Waals surface area contributed by atoms with E-state index < -0.39 is 8.32 Å². The molecule has 0 aliphatic carbocycles. The molecule has 0 bridgehead atoms. The summed E-state index contributed by atoms with van der Waals surface area (Å²) in [6, 6.07) is 27.9. The van der Waals surface area contributed by atoms with Crippen LogP contribution in [0.4, 0.5) is 0 Å². The molecule has 0 fully saturated rings. The fourth-order valence-corrected chi connectivity index (χ4v) is 7.86. The van der Waals surface area contributed by atoms with Crippen LogP contribution in [0, 0.1) is 5.92 Å². The Hall–Kier alpha value is -2.40. The zero-order valence-corrected chi connectivity index (χ0v) is 21.0. The molecule has 1 atom stereocenters. The fourth-order valence-electron chi connectivity index (χ4n) is 4.38. The van der Waals surface area contributed by atoms with E-state index in [1.807, 2.05) is 91.9 Å². The quantitative estimate of drug-likeness (QED) is 0.139. The van der Waals surface area contributed by atoms with Crippen molar-refractivity contribution in [3.63, 3.8) is 0 Å². The zero-order valence-electron chi connectivity index (χ0n) is 19.3. The summed E-state index contributed by atoms with van der Waals surface area (Å²) in [7, 11) is -3.26. The minimum absolute atomic E-state index is 0.164. The molecule has 174 valence electrons. The summed E-state index contributed by atoms with van der Waals surface area (Å²) >= 11 is 5.83. The van der Waals surface area contributed by atoms with Crippen molar-refractivity contribution in [2.75, 3.05) is 12.5 Å². The molecule has 0 amide bonds. The largest absolute Gasteiger partial charge is 0.466 e. The van der Waals surface area contributed by atoms with Crippen molar-refractivity contribution in [2.24, 2.45) is 5.92 Å². The van der Waals surface area contributed by atoms with Crippen LogP contribution in [-0.2, 0) is 16.0 Å². The van der Waals surface area contributed by atoms with E-state index >= 15 is 0 Å². The molecule has 0 saturated heterocycles. The minimum Gasteiger partial charge on any atom is -0.466 e. The van der Waals surface area contributed by atoms with Crippen molar-refractivity contribution >= 4 is 41.4 Å². The Morgan fingerprint density at radius 3 is 2.03 bits per heavy atom. The predicted octanol–water partition coefficient (Wildman–Crippen LogP) is 4.17. The molecule has 0 aromatic heterocycles. The lowest BCUT2D eigenvalue weighted by atomic mass is 9.93. The van der Waals surface area contributed by atoms with Gasteiger partial charge in [-0.1, -0.05) is 97.8 Å². The van der Waals surface area contributed by atoms with Gasteiger partial charge in [-0.25, -0.2) is 0 Å². The van der Waals surface area contributed by atoms with Crippen LogP contribution in [0.3, 0.4) is 0 Å². The third-order valence-corrected chi connectivity index (χ3v) is 9.94. The van der Waals surface area contributed by atoms with E-state index in [9.17, 15) is 9.59 Å². The van der Waals surface area contributed by atoms with Crippen LogP contribution in [0.5, 0.6) is 0 Å². The third-order valence-electron chi connectivity index (χ3n) is 6.06. The van der Waals surface area contributed by atoms with Crippen LogP contribution in [0.15, 0.2) is 84.9 Å². The van der Waals surface area contributed by atoms with E-state index in [4.69, 9.17) is 16.3 Å². The van der Waals surface area contributed by atoms with Crippen molar-refractivity contribution < 1.29 is 14.3 Å². The maximum Gasteiger partial charge on any atom is 0.309 e. The molecule has 3 nitrogen and oxygen atoms in total. The SMILES string of the molecule is CCOC(=O)C(CCCCCCl)Cc1ccccc1[Si](O)(c1ccccc1)c1ccccc1. The van der Waals surface area contributed by atoms with Gasteiger partial charge in [0.15, 0.2) is 0 Å². The Bertz CT molecular complexity index is 955. The normalized spacial score (nSPS) is 12.3. The Kier molecular flexibility index (Phi) is 9.73. The molecule has 3 aromatic rings. The van der Waals surface area contributed by atoms with Gasteiger partial charge in [0, 0.05) is 5.88 Å². The second kappa shape index (κ2) is 12.7. The molecule has 0 spiro atoms. The molecule has 0 aliphatic heterocycles. The van der Waals surface area contributed by atoms with Crippen LogP contribution in [0.2, 0.25) is 0 Å². The zero-order chi connectivity index (χ0) is 23.5. The van der Waals surface area contributed by atoms with E-state index in [2.05, 4.69) is 0 Å². The summed E-state index contributed by atoms with van der Waals surface area (Å²) in [6.07, 6.45) is 4.17. The van der Waals surface area contributed by atoms with Crippen molar-refractivity contribution in [1.82, 2.24) is 0 Å². The van der Waals surface area contributed by atoms with Gasteiger partial charge >= 0.3 is 5.97 Å². The van der Waals surface area contributed by atoms with Crippen LogP contribution < -0.4 is 15.6 Å². The summed E-state index contributed by atoms with van der Waals surface area (Å²) in [5, 5.41) is 2.79. The van der Waals surface area contributed by atoms with E-state index in [1.54, 1.807) is 0 Å². The number of rotatable bonds is 12. The molecule has 3 rings (SSSR count).